The minimum atomic E-state index is -0.427. The molecule has 0 unspecified atom stereocenters. The first-order valence-electron chi connectivity index (χ1n) is 8.15. The highest BCUT2D eigenvalue weighted by Gasteiger charge is 2.27. The van der Waals surface area contributed by atoms with Crippen molar-refractivity contribution in [2.45, 2.75) is 59.5 Å². The van der Waals surface area contributed by atoms with Gasteiger partial charge in [-0.1, -0.05) is 0 Å². The summed E-state index contributed by atoms with van der Waals surface area (Å²) in [7, 11) is 0. The summed E-state index contributed by atoms with van der Waals surface area (Å²) in [5.74, 6) is 0.502. The molecule has 0 aromatic carbocycles. The van der Waals surface area contributed by atoms with E-state index in [1.807, 2.05) is 39.5 Å². The zero-order valence-corrected chi connectivity index (χ0v) is 14.5. The topological polar surface area (TPSA) is 42.4 Å². The number of ether oxygens (including phenoxy) is 1. The van der Waals surface area contributed by atoms with E-state index in [4.69, 9.17) is 4.74 Å². The standard InChI is InChI=1S/C18H28N2O2/c1-13-9-16(10-14(2)19-13)11-15-7-6-8-20(12-15)17(21)22-18(3,4)5/h9-10,15H,6-8,11-12H2,1-5H3/t15-/m1/s1. The molecule has 1 aromatic heterocycles. The Morgan fingerprint density at radius 3 is 2.55 bits per heavy atom. The normalized spacial score (nSPS) is 19.1. The van der Waals surface area contributed by atoms with Crippen molar-refractivity contribution in [2.24, 2.45) is 5.92 Å². The van der Waals surface area contributed by atoms with Gasteiger partial charge in [0, 0.05) is 24.5 Å². The summed E-state index contributed by atoms with van der Waals surface area (Å²) in [6.45, 7) is 11.4. The number of hydrogen-bond donors (Lipinski definition) is 0. The molecule has 0 saturated carbocycles. The fourth-order valence-corrected chi connectivity index (χ4v) is 3.10. The molecule has 1 saturated heterocycles. The molecule has 1 aliphatic heterocycles. The highest BCUT2D eigenvalue weighted by molar-refractivity contribution is 5.68. The Kier molecular flexibility index (Phi) is 5.09. The third-order valence-electron chi connectivity index (χ3n) is 3.84. The number of aromatic nitrogens is 1. The molecular formula is C18H28N2O2. The number of hydrogen-bond acceptors (Lipinski definition) is 3. The van der Waals surface area contributed by atoms with E-state index >= 15 is 0 Å². The molecule has 0 radical (unpaired) electrons. The Bertz CT molecular complexity index is 514. The molecule has 0 bridgehead atoms. The fourth-order valence-electron chi connectivity index (χ4n) is 3.10. The van der Waals surface area contributed by atoms with E-state index in [0.717, 1.165) is 37.3 Å². The molecule has 1 fully saturated rings. The lowest BCUT2D eigenvalue weighted by Crippen LogP contribution is -2.43. The smallest absolute Gasteiger partial charge is 0.410 e. The fraction of sp³-hybridized carbons (Fsp3) is 0.667. The van der Waals surface area contributed by atoms with Gasteiger partial charge in [0.05, 0.1) is 0 Å². The molecule has 1 aliphatic rings. The van der Waals surface area contributed by atoms with Crippen LogP contribution in [0.2, 0.25) is 0 Å². The van der Waals surface area contributed by atoms with Crippen molar-refractivity contribution in [1.29, 1.82) is 0 Å². The van der Waals surface area contributed by atoms with Gasteiger partial charge >= 0.3 is 6.09 Å². The monoisotopic (exact) mass is 304 g/mol. The minimum Gasteiger partial charge on any atom is -0.444 e. The predicted molar refractivity (Wildman–Crippen MR) is 87.9 cm³/mol. The lowest BCUT2D eigenvalue weighted by atomic mass is 9.91. The van der Waals surface area contributed by atoms with Crippen molar-refractivity contribution in [2.75, 3.05) is 13.1 Å². The summed E-state index contributed by atoms with van der Waals surface area (Å²) >= 11 is 0. The van der Waals surface area contributed by atoms with Crippen LogP contribution in [0.15, 0.2) is 12.1 Å². The van der Waals surface area contributed by atoms with Gasteiger partial charge in [0.15, 0.2) is 0 Å². The first-order chi connectivity index (χ1) is 10.2. The van der Waals surface area contributed by atoms with E-state index in [-0.39, 0.29) is 6.09 Å². The molecule has 22 heavy (non-hydrogen) atoms. The number of piperidine rings is 1. The number of pyridine rings is 1. The van der Waals surface area contributed by atoms with Gasteiger partial charge in [0.2, 0.25) is 0 Å². The molecule has 0 spiro atoms. The van der Waals surface area contributed by atoms with E-state index in [1.165, 1.54) is 12.0 Å². The van der Waals surface area contributed by atoms with Crippen molar-refractivity contribution in [3.63, 3.8) is 0 Å². The highest BCUT2D eigenvalue weighted by Crippen LogP contribution is 2.23. The second kappa shape index (κ2) is 6.67. The van der Waals surface area contributed by atoms with Crippen LogP contribution in [0, 0.1) is 19.8 Å². The number of carbonyl (C=O) groups excluding carboxylic acids is 1. The molecule has 0 N–H and O–H groups in total. The number of rotatable bonds is 2. The number of aryl methyl sites for hydroxylation is 2. The SMILES string of the molecule is Cc1cc(C[C@H]2CCCN(C(=O)OC(C)(C)C)C2)cc(C)n1. The minimum absolute atomic E-state index is 0.181. The van der Waals surface area contributed by atoms with Gasteiger partial charge in [-0.3, -0.25) is 4.98 Å². The second-order valence-electron chi connectivity index (χ2n) is 7.40. The average Bonchev–Trinajstić information content (AvgIpc) is 2.35. The third kappa shape index (κ3) is 5.00. The zero-order chi connectivity index (χ0) is 16.3. The number of likely N-dealkylation sites (tertiary alicyclic amines) is 1. The van der Waals surface area contributed by atoms with Crippen molar-refractivity contribution >= 4 is 6.09 Å². The highest BCUT2D eigenvalue weighted by atomic mass is 16.6. The van der Waals surface area contributed by atoms with Crippen LogP contribution in [0.25, 0.3) is 0 Å². The number of nitrogens with zero attached hydrogens (tertiary/aromatic N) is 2. The van der Waals surface area contributed by atoms with E-state index < -0.39 is 5.60 Å². The Labute approximate surface area is 133 Å². The second-order valence-corrected chi connectivity index (χ2v) is 7.40. The molecule has 0 aliphatic carbocycles. The van der Waals surface area contributed by atoms with Crippen molar-refractivity contribution in [3.05, 3.63) is 29.1 Å². The summed E-state index contributed by atoms with van der Waals surface area (Å²) in [5, 5.41) is 0. The van der Waals surface area contributed by atoms with Gasteiger partial charge in [0.1, 0.15) is 5.60 Å². The molecule has 122 valence electrons. The van der Waals surface area contributed by atoms with Crippen molar-refractivity contribution < 1.29 is 9.53 Å². The average molecular weight is 304 g/mol. The van der Waals surface area contributed by atoms with Gasteiger partial charge < -0.3 is 9.64 Å². The number of amides is 1. The van der Waals surface area contributed by atoms with Crippen LogP contribution in [0.3, 0.4) is 0 Å². The third-order valence-corrected chi connectivity index (χ3v) is 3.84. The summed E-state index contributed by atoms with van der Waals surface area (Å²) in [6, 6.07) is 4.30. The maximum absolute atomic E-state index is 12.2. The van der Waals surface area contributed by atoms with Gasteiger partial charge in [-0.25, -0.2) is 4.79 Å². The van der Waals surface area contributed by atoms with Crippen LogP contribution in [-0.2, 0) is 11.2 Å². The van der Waals surface area contributed by atoms with Crippen LogP contribution in [0.1, 0.15) is 50.6 Å². The maximum atomic E-state index is 12.2. The quantitative estimate of drug-likeness (QED) is 0.832. The lowest BCUT2D eigenvalue weighted by molar-refractivity contribution is 0.0166. The van der Waals surface area contributed by atoms with Gasteiger partial charge in [-0.05, 0) is 77.5 Å². The van der Waals surface area contributed by atoms with Crippen LogP contribution < -0.4 is 0 Å². The molecule has 4 nitrogen and oxygen atoms in total. The Morgan fingerprint density at radius 2 is 1.95 bits per heavy atom. The Morgan fingerprint density at radius 1 is 1.32 bits per heavy atom. The first-order valence-corrected chi connectivity index (χ1v) is 8.15. The van der Waals surface area contributed by atoms with Crippen LogP contribution in [-0.4, -0.2) is 34.7 Å². The van der Waals surface area contributed by atoms with Crippen molar-refractivity contribution in [3.8, 4) is 0 Å². The zero-order valence-electron chi connectivity index (χ0n) is 14.5. The summed E-state index contributed by atoms with van der Waals surface area (Å²) in [5.41, 5.74) is 3.02. The maximum Gasteiger partial charge on any atom is 0.410 e. The summed E-state index contributed by atoms with van der Waals surface area (Å²) in [6.07, 6.45) is 3.04. The van der Waals surface area contributed by atoms with E-state index in [1.54, 1.807) is 0 Å². The predicted octanol–water partition coefficient (Wildman–Crippen LogP) is 3.89. The Hall–Kier alpha value is -1.58. The molecule has 2 heterocycles. The van der Waals surface area contributed by atoms with Gasteiger partial charge in [-0.2, -0.15) is 0 Å². The van der Waals surface area contributed by atoms with Crippen LogP contribution in [0.4, 0.5) is 4.79 Å². The van der Waals surface area contributed by atoms with E-state index in [2.05, 4.69) is 17.1 Å². The summed E-state index contributed by atoms with van der Waals surface area (Å²) < 4.78 is 5.49. The molecule has 1 amide bonds. The molecule has 1 atom stereocenters. The van der Waals surface area contributed by atoms with Crippen LogP contribution in [0.5, 0.6) is 0 Å². The van der Waals surface area contributed by atoms with Gasteiger partial charge in [-0.15, -0.1) is 0 Å². The van der Waals surface area contributed by atoms with Crippen LogP contribution >= 0.6 is 0 Å². The van der Waals surface area contributed by atoms with Crippen molar-refractivity contribution in [1.82, 2.24) is 9.88 Å². The largest absolute Gasteiger partial charge is 0.444 e. The first kappa shape index (κ1) is 16.8. The number of carbonyl (C=O) groups is 1. The molecule has 4 heteroatoms. The summed E-state index contributed by atoms with van der Waals surface area (Å²) in [4.78, 5) is 18.5. The van der Waals surface area contributed by atoms with Gasteiger partial charge in [0.25, 0.3) is 0 Å². The molecule has 2 rings (SSSR count). The molecule has 1 aromatic rings. The Balaban J connectivity index is 1.97. The lowest BCUT2D eigenvalue weighted by Gasteiger charge is -2.34. The molecular weight excluding hydrogens is 276 g/mol. The van der Waals surface area contributed by atoms with E-state index in [0.29, 0.717) is 5.92 Å². The van der Waals surface area contributed by atoms with E-state index in [9.17, 15) is 4.79 Å².